The molecule has 1 amide bonds. The Labute approximate surface area is 158 Å². The van der Waals surface area contributed by atoms with Gasteiger partial charge < -0.3 is 4.90 Å². The lowest BCUT2D eigenvalue weighted by atomic mass is 10.1. The van der Waals surface area contributed by atoms with Crippen molar-refractivity contribution in [3.63, 3.8) is 0 Å². The van der Waals surface area contributed by atoms with Gasteiger partial charge in [0.25, 0.3) is 5.91 Å². The zero-order valence-electron chi connectivity index (χ0n) is 14.8. The number of benzene rings is 2. The molecule has 1 aromatic heterocycles. The Morgan fingerprint density at radius 2 is 1.77 bits per heavy atom. The van der Waals surface area contributed by atoms with Gasteiger partial charge in [0.2, 0.25) is 0 Å². The van der Waals surface area contributed by atoms with Gasteiger partial charge in [-0.2, -0.15) is 0 Å². The number of nitrogens with zero attached hydrogens (tertiary/aromatic N) is 3. The molecule has 26 heavy (non-hydrogen) atoms. The highest BCUT2D eigenvalue weighted by molar-refractivity contribution is 6.31. The zero-order valence-corrected chi connectivity index (χ0v) is 15.5. The molecule has 0 bridgehead atoms. The molecule has 0 unspecified atom stereocenters. The molecule has 0 aliphatic carbocycles. The number of halogens is 1. The van der Waals surface area contributed by atoms with E-state index < -0.39 is 0 Å². The summed E-state index contributed by atoms with van der Waals surface area (Å²) >= 11 is 6.06. The van der Waals surface area contributed by atoms with Crippen LogP contribution in [0.3, 0.4) is 0 Å². The largest absolute Gasteiger partial charge is 0.378 e. The van der Waals surface area contributed by atoms with E-state index in [-0.39, 0.29) is 5.91 Å². The number of hydrogen-bond donors (Lipinski definition) is 0. The Hall–Kier alpha value is -2.85. The number of pyridine rings is 1. The highest BCUT2D eigenvalue weighted by Crippen LogP contribution is 2.21. The van der Waals surface area contributed by atoms with Crippen molar-refractivity contribution in [2.45, 2.75) is 6.54 Å². The van der Waals surface area contributed by atoms with E-state index in [0.29, 0.717) is 22.9 Å². The van der Waals surface area contributed by atoms with Crippen LogP contribution in [0.25, 0.3) is 0 Å². The molecule has 0 aliphatic rings. The van der Waals surface area contributed by atoms with Gasteiger partial charge in [-0.3, -0.25) is 9.69 Å². The summed E-state index contributed by atoms with van der Waals surface area (Å²) in [5.41, 5.74) is 2.67. The maximum Gasteiger partial charge on any atom is 0.259 e. The van der Waals surface area contributed by atoms with Crippen LogP contribution >= 0.6 is 11.6 Å². The molecule has 3 aromatic rings. The predicted molar refractivity (Wildman–Crippen MR) is 107 cm³/mol. The van der Waals surface area contributed by atoms with E-state index in [4.69, 9.17) is 11.6 Å². The van der Waals surface area contributed by atoms with Crippen LogP contribution in [-0.4, -0.2) is 25.0 Å². The molecule has 0 radical (unpaired) electrons. The molecule has 0 aliphatic heterocycles. The monoisotopic (exact) mass is 365 g/mol. The summed E-state index contributed by atoms with van der Waals surface area (Å²) in [6.07, 6.45) is 1.68. The van der Waals surface area contributed by atoms with Gasteiger partial charge in [-0.1, -0.05) is 35.9 Å². The SMILES string of the molecule is CN(C)c1ccc(CN(C(=O)c2cccc(Cl)c2)c2ccccn2)cc1. The molecule has 3 rings (SSSR count). The van der Waals surface area contributed by atoms with Gasteiger partial charge in [0.05, 0.1) is 6.54 Å². The van der Waals surface area contributed by atoms with E-state index in [1.807, 2.05) is 61.5 Å². The van der Waals surface area contributed by atoms with Crippen molar-refractivity contribution >= 4 is 29.0 Å². The van der Waals surface area contributed by atoms with E-state index in [1.54, 1.807) is 35.4 Å². The molecule has 0 spiro atoms. The van der Waals surface area contributed by atoms with Crippen LogP contribution in [0.1, 0.15) is 15.9 Å². The van der Waals surface area contributed by atoms with Gasteiger partial charge in [0, 0.05) is 36.6 Å². The van der Waals surface area contributed by atoms with Crippen LogP contribution < -0.4 is 9.80 Å². The Morgan fingerprint density at radius 3 is 2.38 bits per heavy atom. The first-order valence-electron chi connectivity index (χ1n) is 8.29. The van der Waals surface area contributed by atoms with Crippen LogP contribution in [0.15, 0.2) is 72.9 Å². The molecule has 132 valence electrons. The van der Waals surface area contributed by atoms with Crippen LogP contribution in [0.2, 0.25) is 5.02 Å². The molecule has 4 nitrogen and oxygen atoms in total. The lowest BCUT2D eigenvalue weighted by Gasteiger charge is -2.22. The topological polar surface area (TPSA) is 36.4 Å². The molecule has 0 saturated heterocycles. The number of aromatic nitrogens is 1. The normalized spacial score (nSPS) is 10.4. The Morgan fingerprint density at radius 1 is 1.00 bits per heavy atom. The van der Waals surface area contributed by atoms with E-state index in [2.05, 4.69) is 4.98 Å². The minimum Gasteiger partial charge on any atom is -0.378 e. The highest BCUT2D eigenvalue weighted by atomic mass is 35.5. The van der Waals surface area contributed by atoms with Gasteiger partial charge in [-0.15, -0.1) is 0 Å². The fourth-order valence-corrected chi connectivity index (χ4v) is 2.82. The molecule has 0 fully saturated rings. The minimum absolute atomic E-state index is 0.136. The molecular formula is C21H20ClN3O. The third-order valence-electron chi connectivity index (χ3n) is 4.04. The van der Waals surface area contributed by atoms with Crippen LogP contribution in [0, 0.1) is 0 Å². The molecule has 1 heterocycles. The van der Waals surface area contributed by atoms with Crippen molar-refractivity contribution in [3.8, 4) is 0 Å². The number of anilines is 2. The number of rotatable bonds is 5. The predicted octanol–water partition coefficient (Wildman–Crippen LogP) is 4.65. The van der Waals surface area contributed by atoms with Crippen molar-refractivity contribution < 1.29 is 4.79 Å². The van der Waals surface area contributed by atoms with Gasteiger partial charge in [-0.05, 0) is 48.0 Å². The van der Waals surface area contributed by atoms with Crippen molar-refractivity contribution in [2.75, 3.05) is 23.9 Å². The second kappa shape index (κ2) is 8.02. The number of hydrogen-bond acceptors (Lipinski definition) is 3. The van der Waals surface area contributed by atoms with E-state index in [9.17, 15) is 4.79 Å². The minimum atomic E-state index is -0.136. The van der Waals surface area contributed by atoms with Crippen LogP contribution in [-0.2, 0) is 6.54 Å². The first kappa shape index (κ1) is 18.0. The summed E-state index contributed by atoms with van der Waals surface area (Å²) in [5, 5.41) is 0.534. The Balaban J connectivity index is 1.92. The van der Waals surface area contributed by atoms with Gasteiger partial charge >= 0.3 is 0 Å². The highest BCUT2D eigenvalue weighted by Gasteiger charge is 2.19. The maximum absolute atomic E-state index is 13.1. The smallest absolute Gasteiger partial charge is 0.259 e. The Bertz CT molecular complexity index is 879. The Kier molecular flexibility index (Phi) is 5.54. The lowest BCUT2D eigenvalue weighted by Crippen LogP contribution is -2.31. The molecule has 5 heteroatoms. The molecular weight excluding hydrogens is 346 g/mol. The van der Waals surface area contributed by atoms with Gasteiger partial charge in [0.1, 0.15) is 5.82 Å². The van der Waals surface area contributed by atoms with Crippen LogP contribution in [0.4, 0.5) is 11.5 Å². The van der Waals surface area contributed by atoms with E-state index in [0.717, 1.165) is 11.3 Å². The second-order valence-electron chi connectivity index (χ2n) is 6.15. The summed E-state index contributed by atoms with van der Waals surface area (Å²) in [6.45, 7) is 0.427. The fraction of sp³-hybridized carbons (Fsp3) is 0.143. The number of amides is 1. The molecule has 2 aromatic carbocycles. The van der Waals surface area contributed by atoms with Gasteiger partial charge in [-0.25, -0.2) is 4.98 Å². The summed E-state index contributed by atoms with van der Waals surface area (Å²) < 4.78 is 0. The number of carbonyl (C=O) groups excluding carboxylic acids is 1. The fourth-order valence-electron chi connectivity index (χ4n) is 2.63. The quantitative estimate of drug-likeness (QED) is 0.660. The summed E-state index contributed by atoms with van der Waals surface area (Å²) in [7, 11) is 4.00. The molecule has 0 atom stereocenters. The lowest BCUT2D eigenvalue weighted by molar-refractivity contribution is 0.0984. The van der Waals surface area contributed by atoms with E-state index in [1.165, 1.54) is 0 Å². The van der Waals surface area contributed by atoms with Gasteiger partial charge in [0.15, 0.2) is 0 Å². The average Bonchev–Trinajstić information content (AvgIpc) is 2.66. The first-order valence-corrected chi connectivity index (χ1v) is 8.67. The van der Waals surface area contributed by atoms with E-state index >= 15 is 0 Å². The molecule has 0 saturated carbocycles. The summed E-state index contributed by atoms with van der Waals surface area (Å²) in [5.74, 6) is 0.469. The van der Waals surface area contributed by atoms with Crippen LogP contribution in [0.5, 0.6) is 0 Å². The summed E-state index contributed by atoms with van der Waals surface area (Å²) in [6, 6.07) is 20.6. The van der Waals surface area contributed by atoms with Crippen molar-refractivity contribution in [1.29, 1.82) is 0 Å². The standard InChI is InChI=1S/C21H20ClN3O/c1-24(2)19-11-9-16(10-12-19)15-25(20-8-3-4-13-23-20)21(26)17-6-5-7-18(22)14-17/h3-14H,15H2,1-2H3. The van der Waals surface area contributed by atoms with Crippen molar-refractivity contribution in [3.05, 3.63) is 89.1 Å². The number of carbonyl (C=O) groups is 1. The van der Waals surface area contributed by atoms with Crippen molar-refractivity contribution in [1.82, 2.24) is 4.98 Å². The second-order valence-corrected chi connectivity index (χ2v) is 6.59. The van der Waals surface area contributed by atoms with Crippen molar-refractivity contribution in [2.24, 2.45) is 0 Å². The third-order valence-corrected chi connectivity index (χ3v) is 4.27. The third kappa shape index (κ3) is 4.21. The molecule has 0 N–H and O–H groups in total. The summed E-state index contributed by atoms with van der Waals surface area (Å²) in [4.78, 5) is 21.2. The average molecular weight is 366 g/mol. The first-order chi connectivity index (χ1) is 12.5. The zero-order chi connectivity index (χ0) is 18.5. The maximum atomic E-state index is 13.1.